The Morgan fingerprint density at radius 1 is 1.10 bits per heavy atom. The molecule has 0 atom stereocenters. The molecule has 5 heteroatoms. The summed E-state index contributed by atoms with van der Waals surface area (Å²) in [4.78, 5) is 18.0. The van der Waals surface area contributed by atoms with Crippen molar-refractivity contribution in [3.05, 3.63) is 65.5 Å². The summed E-state index contributed by atoms with van der Waals surface area (Å²) in [5, 5.41) is 0. The first-order valence-corrected chi connectivity index (χ1v) is 6.64. The molecule has 0 radical (unpaired) electrons. The highest BCUT2D eigenvalue weighted by molar-refractivity contribution is 5.94. The molecule has 2 aromatic rings. The van der Waals surface area contributed by atoms with Gasteiger partial charge in [-0.1, -0.05) is 12.1 Å². The number of pyridine rings is 1. The van der Waals surface area contributed by atoms with Crippen LogP contribution in [0.1, 0.15) is 21.5 Å². The van der Waals surface area contributed by atoms with E-state index in [0.717, 1.165) is 12.0 Å². The molecule has 0 spiro atoms. The van der Waals surface area contributed by atoms with E-state index in [1.54, 1.807) is 17.3 Å². The van der Waals surface area contributed by atoms with Gasteiger partial charge in [0.25, 0.3) is 5.91 Å². The van der Waals surface area contributed by atoms with E-state index in [2.05, 4.69) is 4.98 Å². The summed E-state index contributed by atoms with van der Waals surface area (Å²) in [6.07, 6.45) is 4.36. The van der Waals surface area contributed by atoms with Gasteiger partial charge >= 0.3 is 0 Å². The van der Waals surface area contributed by atoms with Gasteiger partial charge in [0.05, 0.1) is 0 Å². The average molecular weight is 306 g/mol. The molecule has 0 saturated carbocycles. The van der Waals surface area contributed by atoms with E-state index in [9.17, 15) is 4.79 Å². The molecule has 1 heterocycles. The number of halogens is 1. The predicted octanol–water partition coefficient (Wildman–Crippen LogP) is 2.28. The lowest BCUT2D eigenvalue weighted by atomic mass is 10.1. The number of hydrogen-bond acceptors (Lipinski definition) is 3. The molecule has 2 N–H and O–H groups in total. The van der Waals surface area contributed by atoms with Gasteiger partial charge in [-0.2, -0.15) is 0 Å². The van der Waals surface area contributed by atoms with Crippen molar-refractivity contribution in [2.24, 2.45) is 5.73 Å². The third-order valence-corrected chi connectivity index (χ3v) is 3.27. The van der Waals surface area contributed by atoms with E-state index >= 15 is 0 Å². The highest BCUT2D eigenvalue weighted by atomic mass is 35.5. The van der Waals surface area contributed by atoms with Gasteiger partial charge in [0, 0.05) is 38.1 Å². The highest BCUT2D eigenvalue weighted by Gasteiger charge is 2.11. The van der Waals surface area contributed by atoms with Gasteiger partial charge in [-0.3, -0.25) is 9.78 Å². The number of rotatable bonds is 5. The summed E-state index contributed by atoms with van der Waals surface area (Å²) in [6, 6.07) is 11.4. The molecule has 0 bridgehead atoms. The molecule has 2 rings (SSSR count). The molecule has 1 amide bonds. The second-order valence-corrected chi connectivity index (χ2v) is 4.73. The fourth-order valence-corrected chi connectivity index (χ4v) is 1.95. The Bertz CT molecular complexity index is 557. The van der Waals surface area contributed by atoms with E-state index in [-0.39, 0.29) is 18.3 Å². The Labute approximate surface area is 131 Å². The minimum Gasteiger partial charge on any atom is -0.341 e. The van der Waals surface area contributed by atoms with Crippen LogP contribution >= 0.6 is 12.4 Å². The van der Waals surface area contributed by atoms with Gasteiger partial charge in [0.15, 0.2) is 0 Å². The van der Waals surface area contributed by atoms with Crippen LogP contribution in [0.15, 0.2) is 48.8 Å². The maximum Gasteiger partial charge on any atom is 0.253 e. The zero-order chi connectivity index (χ0) is 14.4. The van der Waals surface area contributed by atoms with Crippen LogP contribution in [-0.2, 0) is 13.0 Å². The minimum atomic E-state index is 0. The third kappa shape index (κ3) is 4.85. The Balaban J connectivity index is 0.00000220. The number of aromatic nitrogens is 1. The van der Waals surface area contributed by atoms with Crippen LogP contribution in [0.2, 0.25) is 0 Å². The number of carbonyl (C=O) groups is 1. The maximum absolute atomic E-state index is 12.2. The van der Waals surface area contributed by atoms with Crippen molar-refractivity contribution in [3.8, 4) is 0 Å². The molecule has 0 unspecified atom stereocenters. The summed E-state index contributed by atoms with van der Waals surface area (Å²) in [5.41, 5.74) is 8.45. The molecular formula is C16H20ClN3O. The minimum absolute atomic E-state index is 0. The molecule has 21 heavy (non-hydrogen) atoms. The predicted molar refractivity (Wildman–Crippen MR) is 86.5 cm³/mol. The Hall–Kier alpha value is -1.91. The summed E-state index contributed by atoms with van der Waals surface area (Å²) < 4.78 is 0. The molecule has 1 aromatic heterocycles. The zero-order valence-corrected chi connectivity index (χ0v) is 12.8. The maximum atomic E-state index is 12.2. The van der Waals surface area contributed by atoms with E-state index in [0.29, 0.717) is 18.7 Å². The van der Waals surface area contributed by atoms with Crippen molar-refractivity contribution in [3.63, 3.8) is 0 Å². The summed E-state index contributed by atoms with van der Waals surface area (Å²) in [5.74, 6) is 0.0302. The number of benzene rings is 1. The molecule has 0 aliphatic carbocycles. The normalized spacial score (nSPS) is 9.81. The lowest BCUT2D eigenvalue weighted by Crippen LogP contribution is -2.28. The van der Waals surface area contributed by atoms with Crippen molar-refractivity contribution >= 4 is 18.3 Å². The highest BCUT2D eigenvalue weighted by Crippen LogP contribution is 2.07. The molecule has 112 valence electrons. The Morgan fingerprint density at radius 3 is 2.29 bits per heavy atom. The van der Waals surface area contributed by atoms with E-state index in [1.807, 2.05) is 43.4 Å². The number of amides is 1. The van der Waals surface area contributed by atoms with Crippen LogP contribution in [0, 0.1) is 0 Å². The van der Waals surface area contributed by atoms with E-state index < -0.39 is 0 Å². The first kappa shape index (κ1) is 17.1. The first-order valence-electron chi connectivity index (χ1n) is 6.64. The number of carbonyl (C=O) groups excluding carboxylic acids is 1. The molecule has 0 aliphatic heterocycles. The topological polar surface area (TPSA) is 59.2 Å². The Morgan fingerprint density at radius 2 is 1.71 bits per heavy atom. The molecular weight excluding hydrogens is 286 g/mol. The van der Waals surface area contributed by atoms with Gasteiger partial charge in [-0.15, -0.1) is 12.4 Å². The molecule has 1 aromatic carbocycles. The van der Waals surface area contributed by atoms with Crippen molar-refractivity contribution < 1.29 is 4.79 Å². The molecule has 4 nitrogen and oxygen atoms in total. The second-order valence-electron chi connectivity index (χ2n) is 4.73. The van der Waals surface area contributed by atoms with Gasteiger partial charge in [-0.05, 0) is 41.8 Å². The number of nitrogens with two attached hydrogens (primary N) is 1. The number of likely N-dealkylation sites (N-methyl/N-ethyl adjacent to an activating group) is 1. The van der Waals surface area contributed by atoms with Gasteiger partial charge in [0.1, 0.15) is 0 Å². The second kappa shape index (κ2) is 8.39. The van der Waals surface area contributed by atoms with Crippen LogP contribution in [-0.4, -0.2) is 29.4 Å². The van der Waals surface area contributed by atoms with E-state index in [1.165, 1.54) is 5.56 Å². The standard InChI is InChI=1S/C16H19N3O.ClH/c1-19(11-8-13-6-9-18-10-7-13)16(20)15-4-2-14(12-17)3-5-15;/h2-7,9-10H,8,11-12,17H2,1H3;1H. The summed E-state index contributed by atoms with van der Waals surface area (Å²) >= 11 is 0. The fourth-order valence-electron chi connectivity index (χ4n) is 1.95. The third-order valence-electron chi connectivity index (χ3n) is 3.27. The zero-order valence-electron chi connectivity index (χ0n) is 12.0. The molecule has 0 saturated heterocycles. The number of nitrogens with zero attached hydrogens (tertiary/aromatic N) is 2. The summed E-state index contributed by atoms with van der Waals surface area (Å²) in [6.45, 7) is 1.17. The van der Waals surface area contributed by atoms with Gasteiger partial charge < -0.3 is 10.6 Å². The monoisotopic (exact) mass is 305 g/mol. The lowest BCUT2D eigenvalue weighted by molar-refractivity contribution is 0.0796. The van der Waals surface area contributed by atoms with Crippen molar-refractivity contribution in [2.75, 3.05) is 13.6 Å². The average Bonchev–Trinajstić information content (AvgIpc) is 2.53. The van der Waals surface area contributed by atoms with Crippen LogP contribution < -0.4 is 5.73 Å². The number of hydrogen-bond donors (Lipinski definition) is 1. The fraction of sp³-hybridized carbons (Fsp3) is 0.250. The van der Waals surface area contributed by atoms with Crippen molar-refractivity contribution in [2.45, 2.75) is 13.0 Å². The van der Waals surface area contributed by atoms with Crippen LogP contribution in [0.4, 0.5) is 0 Å². The molecule has 0 fully saturated rings. The molecule has 0 aliphatic rings. The van der Waals surface area contributed by atoms with Crippen LogP contribution in [0.3, 0.4) is 0 Å². The Kier molecular flexibility index (Phi) is 6.85. The lowest BCUT2D eigenvalue weighted by Gasteiger charge is -2.17. The first-order chi connectivity index (χ1) is 9.70. The van der Waals surface area contributed by atoms with Gasteiger partial charge in [0.2, 0.25) is 0 Å². The summed E-state index contributed by atoms with van der Waals surface area (Å²) in [7, 11) is 1.82. The van der Waals surface area contributed by atoms with Crippen LogP contribution in [0.5, 0.6) is 0 Å². The largest absolute Gasteiger partial charge is 0.341 e. The van der Waals surface area contributed by atoms with Crippen LogP contribution in [0.25, 0.3) is 0 Å². The van der Waals surface area contributed by atoms with Gasteiger partial charge in [-0.25, -0.2) is 0 Å². The quantitative estimate of drug-likeness (QED) is 0.922. The van der Waals surface area contributed by atoms with E-state index in [4.69, 9.17) is 5.73 Å². The smallest absolute Gasteiger partial charge is 0.253 e. The van der Waals surface area contributed by atoms with Crippen molar-refractivity contribution in [1.82, 2.24) is 9.88 Å². The van der Waals surface area contributed by atoms with Crippen molar-refractivity contribution in [1.29, 1.82) is 0 Å². The SMILES string of the molecule is CN(CCc1ccncc1)C(=O)c1ccc(CN)cc1.Cl.